The van der Waals surface area contributed by atoms with Crippen molar-refractivity contribution in [3.63, 3.8) is 0 Å². The van der Waals surface area contributed by atoms with E-state index in [0.717, 1.165) is 22.1 Å². The molecular weight excluding hydrogens is 366 g/mol. The molecule has 1 aliphatic rings. The Hall–Kier alpha value is -1.86. The number of ether oxygens (including phenoxy) is 3. The molecule has 0 amide bonds. The van der Waals surface area contributed by atoms with Gasteiger partial charge in [-0.1, -0.05) is 28.9 Å². The topological polar surface area (TPSA) is 65.1 Å². The first kappa shape index (κ1) is 17.5. The minimum absolute atomic E-state index is 0.00304. The SMILES string of the molecule is CCc1ccc(Br)cc1N1COCC(C(=O)OC)=C1C(=O)OC. The van der Waals surface area contributed by atoms with Gasteiger partial charge in [0, 0.05) is 10.2 Å². The number of aryl methyl sites for hydroxylation is 1. The number of esters is 2. The van der Waals surface area contributed by atoms with E-state index in [-0.39, 0.29) is 24.6 Å². The van der Waals surface area contributed by atoms with E-state index in [0.29, 0.717) is 0 Å². The first-order valence-corrected chi connectivity index (χ1v) is 7.86. The van der Waals surface area contributed by atoms with Crippen molar-refractivity contribution in [1.82, 2.24) is 0 Å². The van der Waals surface area contributed by atoms with Crippen LogP contribution in [-0.2, 0) is 30.2 Å². The first-order valence-electron chi connectivity index (χ1n) is 7.07. The smallest absolute Gasteiger partial charge is 0.355 e. The molecular formula is C16H18BrNO5. The van der Waals surface area contributed by atoms with Gasteiger partial charge in [0.2, 0.25) is 0 Å². The summed E-state index contributed by atoms with van der Waals surface area (Å²) in [6, 6.07) is 5.77. The molecule has 0 aromatic heterocycles. The van der Waals surface area contributed by atoms with E-state index in [1.165, 1.54) is 14.2 Å². The summed E-state index contributed by atoms with van der Waals surface area (Å²) in [4.78, 5) is 25.9. The van der Waals surface area contributed by atoms with E-state index < -0.39 is 11.9 Å². The lowest BCUT2D eigenvalue weighted by molar-refractivity contribution is -0.140. The number of carbonyl (C=O) groups is 2. The van der Waals surface area contributed by atoms with Crippen molar-refractivity contribution >= 4 is 33.6 Å². The van der Waals surface area contributed by atoms with E-state index in [1.54, 1.807) is 4.90 Å². The Labute approximate surface area is 143 Å². The molecule has 0 radical (unpaired) electrons. The normalized spacial score (nSPS) is 14.7. The van der Waals surface area contributed by atoms with Crippen molar-refractivity contribution in [1.29, 1.82) is 0 Å². The highest BCUT2D eigenvalue weighted by Crippen LogP contribution is 2.32. The Morgan fingerprint density at radius 1 is 1.26 bits per heavy atom. The predicted octanol–water partition coefficient (Wildman–Crippen LogP) is 2.41. The zero-order valence-corrected chi connectivity index (χ0v) is 14.8. The average Bonchev–Trinajstić information content (AvgIpc) is 2.59. The van der Waals surface area contributed by atoms with Gasteiger partial charge in [0.05, 0.1) is 26.4 Å². The fourth-order valence-electron chi connectivity index (χ4n) is 2.42. The fraction of sp³-hybridized carbons (Fsp3) is 0.375. The molecule has 0 atom stereocenters. The molecule has 0 aliphatic carbocycles. The Morgan fingerprint density at radius 2 is 1.96 bits per heavy atom. The molecule has 0 saturated carbocycles. The molecule has 0 bridgehead atoms. The second-order valence-electron chi connectivity index (χ2n) is 4.84. The van der Waals surface area contributed by atoms with Gasteiger partial charge in [0.25, 0.3) is 0 Å². The largest absolute Gasteiger partial charge is 0.466 e. The van der Waals surface area contributed by atoms with Crippen LogP contribution in [0.15, 0.2) is 33.9 Å². The second-order valence-corrected chi connectivity index (χ2v) is 5.76. The zero-order valence-electron chi connectivity index (χ0n) is 13.2. The molecule has 1 aromatic rings. The number of hydrogen-bond donors (Lipinski definition) is 0. The van der Waals surface area contributed by atoms with E-state index in [4.69, 9.17) is 14.2 Å². The molecule has 0 fully saturated rings. The molecule has 6 nitrogen and oxygen atoms in total. The van der Waals surface area contributed by atoms with Crippen molar-refractivity contribution < 1.29 is 23.8 Å². The Morgan fingerprint density at radius 3 is 2.57 bits per heavy atom. The lowest BCUT2D eigenvalue weighted by Crippen LogP contribution is -2.39. The first-order chi connectivity index (χ1) is 11.0. The van der Waals surface area contributed by atoms with E-state index in [9.17, 15) is 9.59 Å². The molecule has 0 spiro atoms. The lowest BCUT2D eigenvalue weighted by Gasteiger charge is -2.32. The maximum atomic E-state index is 12.3. The summed E-state index contributed by atoms with van der Waals surface area (Å²) >= 11 is 3.43. The van der Waals surface area contributed by atoms with Crippen LogP contribution in [0, 0.1) is 0 Å². The summed E-state index contributed by atoms with van der Waals surface area (Å²) in [6.45, 7) is 2.16. The summed E-state index contributed by atoms with van der Waals surface area (Å²) in [6.07, 6.45) is 0.765. The molecule has 124 valence electrons. The van der Waals surface area contributed by atoms with Gasteiger partial charge in [-0.05, 0) is 24.1 Å². The molecule has 1 heterocycles. The second kappa shape index (κ2) is 7.61. The third-order valence-electron chi connectivity index (χ3n) is 3.55. The summed E-state index contributed by atoms with van der Waals surface area (Å²) < 4.78 is 16.0. The van der Waals surface area contributed by atoms with Gasteiger partial charge in [0.15, 0.2) is 0 Å². The standard InChI is InChI=1S/C16H18BrNO5/c1-4-10-5-6-11(17)7-13(10)18-9-23-8-12(15(19)21-2)14(18)16(20)22-3/h5-7H,4,8-9H2,1-3H3. The van der Waals surface area contributed by atoms with Crippen LogP contribution >= 0.6 is 15.9 Å². The monoisotopic (exact) mass is 383 g/mol. The molecule has 7 heteroatoms. The van der Waals surface area contributed by atoms with Gasteiger partial charge in [-0.15, -0.1) is 0 Å². The average molecular weight is 384 g/mol. The van der Waals surface area contributed by atoms with Gasteiger partial charge in [-0.2, -0.15) is 0 Å². The molecule has 0 saturated heterocycles. The maximum absolute atomic E-state index is 12.3. The zero-order chi connectivity index (χ0) is 17.0. The highest BCUT2D eigenvalue weighted by Gasteiger charge is 2.33. The van der Waals surface area contributed by atoms with Gasteiger partial charge < -0.3 is 19.1 Å². The van der Waals surface area contributed by atoms with Crippen molar-refractivity contribution in [3.05, 3.63) is 39.5 Å². The minimum Gasteiger partial charge on any atom is -0.466 e. The molecule has 0 unspecified atom stereocenters. The predicted molar refractivity (Wildman–Crippen MR) is 87.9 cm³/mol. The number of halogens is 1. The van der Waals surface area contributed by atoms with Gasteiger partial charge in [-0.25, -0.2) is 9.59 Å². The van der Waals surface area contributed by atoms with Gasteiger partial charge >= 0.3 is 11.9 Å². The number of hydrogen-bond acceptors (Lipinski definition) is 6. The van der Waals surface area contributed by atoms with Crippen LogP contribution in [0.5, 0.6) is 0 Å². The van der Waals surface area contributed by atoms with Gasteiger partial charge in [0.1, 0.15) is 12.4 Å². The van der Waals surface area contributed by atoms with Crippen LogP contribution in [0.2, 0.25) is 0 Å². The van der Waals surface area contributed by atoms with E-state index in [2.05, 4.69) is 15.9 Å². The summed E-state index contributed by atoms with van der Waals surface area (Å²) in [5.41, 5.74) is 2.10. The van der Waals surface area contributed by atoms with Crippen LogP contribution in [0.4, 0.5) is 5.69 Å². The Kier molecular flexibility index (Phi) is 5.79. The number of anilines is 1. The third kappa shape index (κ3) is 3.56. The number of rotatable bonds is 4. The van der Waals surface area contributed by atoms with Gasteiger partial charge in [-0.3, -0.25) is 0 Å². The summed E-state index contributed by atoms with van der Waals surface area (Å²) in [5, 5.41) is 0. The molecule has 2 rings (SSSR count). The molecule has 1 aliphatic heterocycles. The fourth-order valence-corrected chi connectivity index (χ4v) is 2.77. The van der Waals surface area contributed by atoms with E-state index in [1.807, 2.05) is 25.1 Å². The van der Waals surface area contributed by atoms with Crippen molar-refractivity contribution in [2.45, 2.75) is 13.3 Å². The van der Waals surface area contributed by atoms with Crippen LogP contribution in [-0.4, -0.2) is 39.5 Å². The highest BCUT2D eigenvalue weighted by atomic mass is 79.9. The maximum Gasteiger partial charge on any atom is 0.355 e. The quantitative estimate of drug-likeness (QED) is 0.743. The van der Waals surface area contributed by atoms with Crippen LogP contribution in [0.25, 0.3) is 0 Å². The number of carbonyl (C=O) groups excluding carboxylic acids is 2. The Bertz CT molecular complexity index is 656. The number of nitrogens with zero attached hydrogens (tertiary/aromatic N) is 1. The van der Waals surface area contributed by atoms with Crippen LogP contribution < -0.4 is 4.90 Å². The van der Waals surface area contributed by atoms with Crippen molar-refractivity contribution in [2.24, 2.45) is 0 Å². The Balaban J connectivity index is 2.62. The summed E-state index contributed by atoms with van der Waals surface area (Å²) in [5.74, 6) is -1.21. The highest BCUT2D eigenvalue weighted by molar-refractivity contribution is 9.10. The molecule has 1 aromatic carbocycles. The number of methoxy groups -OCH3 is 2. The van der Waals surface area contributed by atoms with Crippen molar-refractivity contribution in [3.8, 4) is 0 Å². The minimum atomic E-state index is -0.608. The lowest BCUT2D eigenvalue weighted by atomic mass is 10.1. The van der Waals surface area contributed by atoms with Crippen molar-refractivity contribution in [2.75, 3.05) is 32.5 Å². The molecule has 23 heavy (non-hydrogen) atoms. The molecule has 0 N–H and O–H groups in total. The summed E-state index contributed by atoms with van der Waals surface area (Å²) in [7, 11) is 2.54. The van der Waals surface area contributed by atoms with Crippen LogP contribution in [0.1, 0.15) is 12.5 Å². The van der Waals surface area contributed by atoms with Crippen LogP contribution in [0.3, 0.4) is 0 Å². The third-order valence-corrected chi connectivity index (χ3v) is 4.05. The number of benzene rings is 1. The van der Waals surface area contributed by atoms with E-state index >= 15 is 0 Å².